The molecule has 0 radical (unpaired) electrons. The highest BCUT2D eigenvalue weighted by Crippen LogP contribution is 2.25. The average molecular weight is 281 g/mol. The van der Waals surface area contributed by atoms with E-state index < -0.39 is 0 Å². The molecular formula is C18H23N3. The molecule has 1 aromatic heterocycles. The number of hydrogen-bond donors (Lipinski definition) is 1. The summed E-state index contributed by atoms with van der Waals surface area (Å²) in [6, 6.07) is 13.0. The third-order valence-corrected chi connectivity index (χ3v) is 4.04. The molecule has 3 heteroatoms. The Hall–Kier alpha value is -1.87. The minimum Gasteiger partial charge on any atom is -0.352 e. The van der Waals surface area contributed by atoms with E-state index in [1.165, 1.54) is 16.7 Å². The lowest BCUT2D eigenvalue weighted by atomic mass is 9.99. The van der Waals surface area contributed by atoms with Gasteiger partial charge in [-0.2, -0.15) is 0 Å². The van der Waals surface area contributed by atoms with Crippen LogP contribution in [0, 0.1) is 0 Å². The molecule has 1 aliphatic heterocycles. The predicted octanol–water partition coefficient (Wildman–Crippen LogP) is 3.14. The van der Waals surface area contributed by atoms with Gasteiger partial charge in [-0.1, -0.05) is 37.3 Å². The van der Waals surface area contributed by atoms with Crippen LogP contribution in [0.3, 0.4) is 0 Å². The molecule has 0 unspecified atom stereocenters. The smallest absolute Gasteiger partial charge is 0.133 e. The van der Waals surface area contributed by atoms with Crippen LogP contribution in [0.15, 0.2) is 42.6 Å². The van der Waals surface area contributed by atoms with Gasteiger partial charge in [-0.3, -0.25) is 0 Å². The van der Waals surface area contributed by atoms with Gasteiger partial charge in [-0.05, 0) is 36.6 Å². The lowest BCUT2D eigenvalue weighted by Crippen LogP contribution is -2.32. The highest BCUT2D eigenvalue weighted by Gasteiger charge is 2.18. The molecule has 0 atom stereocenters. The monoisotopic (exact) mass is 281 g/mol. The number of benzene rings is 1. The minimum atomic E-state index is 0.898. The molecule has 0 spiro atoms. The first kappa shape index (κ1) is 14.1. The van der Waals surface area contributed by atoms with Crippen molar-refractivity contribution in [1.82, 2.24) is 10.3 Å². The van der Waals surface area contributed by atoms with Gasteiger partial charge in [-0.15, -0.1) is 0 Å². The molecule has 110 valence electrons. The van der Waals surface area contributed by atoms with E-state index in [-0.39, 0.29) is 0 Å². The van der Waals surface area contributed by atoms with Gasteiger partial charge in [0, 0.05) is 31.4 Å². The van der Waals surface area contributed by atoms with Crippen molar-refractivity contribution in [3.05, 3.63) is 59.3 Å². The lowest BCUT2D eigenvalue weighted by Gasteiger charge is -2.31. The van der Waals surface area contributed by atoms with Crippen LogP contribution in [-0.2, 0) is 19.5 Å². The van der Waals surface area contributed by atoms with E-state index in [1.54, 1.807) is 0 Å². The van der Waals surface area contributed by atoms with Gasteiger partial charge in [0.2, 0.25) is 0 Å². The second-order valence-electron chi connectivity index (χ2n) is 5.60. The number of hydrogen-bond acceptors (Lipinski definition) is 3. The number of nitrogens with zero attached hydrogens (tertiary/aromatic N) is 2. The van der Waals surface area contributed by atoms with Crippen LogP contribution in [0.5, 0.6) is 0 Å². The van der Waals surface area contributed by atoms with Gasteiger partial charge in [0.05, 0.1) is 0 Å². The molecule has 1 N–H and O–H groups in total. The van der Waals surface area contributed by atoms with Crippen molar-refractivity contribution in [2.75, 3.05) is 18.0 Å². The molecule has 1 aromatic carbocycles. The molecule has 2 heterocycles. The number of pyridine rings is 1. The largest absolute Gasteiger partial charge is 0.352 e. The van der Waals surface area contributed by atoms with Crippen LogP contribution in [-0.4, -0.2) is 18.1 Å². The highest BCUT2D eigenvalue weighted by molar-refractivity contribution is 5.49. The number of anilines is 1. The average Bonchev–Trinajstić information content (AvgIpc) is 2.55. The highest BCUT2D eigenvalue weighted by atomic mass is 15.2. The van der Waals surface area contributed by atoms with Crippen LogP contribution in [0.1, 0.15) is 30.0 Å². The second kappa shape index (κ2) is 6.72. The summed E-state index contributed by atoms with van der Waals surface area (Å²) in [6.07, 6.45) is 4.17. The fourth-order valence-corrected chi connectivity index (χ4v) is 2.93. The van der Waals surface area contributed by atoms with Crippen molar-refractivity contribution in [1.29, 1.82) is 0 Å². The fraction of sp³-hybridized carbons (Fsp3) is 0.389. The summed E-state index contributed by atoms with van der Waals surface area (Å²) in [4.78, 5) is 7.05. The van der Waals surface area contributed by atoms with Crippen molar-refractivity contribution in [3.8, 4) is 0 Å². The molecule has 0 bridgehead atoms. The van der Waals surface area contributed by atoms with Gasteiger partial charge in [-0.25, -0.2) is 4.98 Å². The maximum absolute atomic E-state index is 4.64. The maximum atomic E-state index is 4.64. The fourth-order valence-electron chi connectivity index (χ4n) is 2.93. The Morgan fingerprint density at radius 1 is 1.14 bits per heavy atom. The Balaban J connectivity index is 1.78. The summed E-state index contributed by atoms with van der Waals surface area (Å²) in [6.45, 7) is 6.16. The summed E-state index contributed by atoms with van der Waals surface area (Å²) < 4.78 is 0. The standard InChI is InChI=1S/C18H23N3/c1-2-10-19-13-16-8-5-11-20-18(16)21-12-9-15-6-3-4-7-17(15)14-21/h3-8,11,19H,2,9-10,12-14H2,1H3. The SMILES string of the molecule is CCCNCc1cccnc1N1CCc2ccccc2C1. The van der Waals surface area contributed by atoms with Crippen LogP contribution in [0.2, 0.25) is 0 Å². The van der Waals surface area contributed by atoms with Gasteiger partial charge >= 0.3 is 0 Å². The van der Waals surface area contributed by atoms with E-state index in [4.69, 9.17) is 0 Å². The maximum Gasteiger partial charge on any atom is 0.133 e. The van der Waals surface area contributed by atoms with E-state index in [0.717, 1.165) is 44.8 Å². The third kappa shape index (κ3) is 3.24. The summed E-state index contributed by atoms with van der Waals surface area (Å²) in [5.41, 5.74) is 4.21. The normalized spacial score (nSPS) is 14.0. The molecule has 2 aromatic rings. The first-order valence-electron chi connectivity index (χ1n) is 7.85. The van der Waals surface area contributed by atoms with E-state index in [1.807, 2.05) is 12.3 Å². The minimum absolute atomic E-state index is 0.898. The van der Waals surface area contributed by atoms with Gasteiger partial charge in [0.25, 0.3) is 0 Å². The Morgan fingerprint density at radius 2 is 2.00 bits per heavy atom. The zero-order valence-corrected chi connectivity index (χ0v) is 12.7. The zero-order chi connectivity index (χ0) is 14.5. The third-order valence-electron chi connectivity index (χ3n) is 4.04. The predicted molar refractivity (Wildman–Crippen MR) is 87.4 cm³/mol. The van der Waals surface area contributed by atoms with Crippen molar-refractivity contribution in [2.24, 2.45) is 0 Å². The lowest BCUT2D eigenvalue weighted by molar-refractivity contribution is 0.662. The molecule has 0 fully saturated rings. The van der Waals surface area contributed by atoms with Crippen molar-refractivity contribution in [2.45, 2.75) is 32.9 Å². The molecule has 0 saturated carbocycles. The van der Waals surface area contributed by atoms with Crippen LogP contribution < -0.4 is 10.2 Å². The second-order valence-corrected chi connectivity index (χ2v) is 5.60. The quantitative estimate of drug-likeness (QED) is 0.853. The molecule has 3 rings (SSSR count). The van der Waals surface area contributed by atoms with Crippen molar-refractivity contribution in [3.63, 3.8) is 0 Å². The molecule has 0 saturated heterocycles. The van der Waals surface area contributed by atoms with Gasteiger partial charge in [0.1, 0.15) is 5.82 Å². The molecule has 21 heavy (non-hydrogen) atoms. The Kier molecular flexibility index (Phi) is 4.51. The Labute approximate surface area is 127 Å². The Bertz CT molecular complexity index is 595. The first-order chi connectivity index (χ1) is 10.4. The van der Waals surface area contributed by atoms with Crippen molar-refractivity contribution < 1.29 is 0 Å². The summed E-state index contributed by atoms with van der Waals surface area (Å²) in [7, 11) is 0. The molecular weight excluding hydrogens is 258 g/mol. The number of rotatable bonds is 5. The van der Waals surface area contributed by atoms with Gasteiger partial charge in [0.15, 0.2) is 0 Å². The van der Waals surface area contributed by atoms with E-state index in [2.05, 4.69) is 52.5 Å². The summed E-state index contributed by atoms with van der Waals surface area (Å²) >= 11 is 0. The van der Waals surface area contributed by atoms with E-state index >= 15 is 0 Å². The number of fused-ring (bicyclic) bond motifs is 1. The van der Waals surface area contributed by atoms with Gasteiger partial charge < -0.3 is 10.2 Å². The van der Waals surface area contributed by atoms with Crippen LogP contribution in [0.25, 0.3) is 0 Å². The van der Waals surface area contributed by atoms with E-state index in [9.17, 15) is 0 Å². The summed E-state index contributed by atoms with van der Waals surface area (Å²) in [5, 5.41) is 3.48. The molecule has 1 aliphatic rings. The first-order valence-corrected chi connectivity index (χ1v) is 7.85. The summed E-state index contributed by atoms with van der Waals surface area (Å²) in [5.74, 6) is 1.13. The van der Waals surface area contributed by atoms with Crippen LogP contribution in [0.4, 0.5) is 5.82 Å². The Morgan fingerprint density at radius 3 is 2.86 bits per heavy atom. The number of nitrogens with one attached hydrogen (secondary N) is 1. The van der Waals surface area contributed by atoms with E-state index in [0.29, 0.717) is 0 Å². The molecule has 0 amide bonds. The topological polar surface area (TPSA) is 28.2 Å². The molecule has 3 nitrogen and oxygen atoms in total. The zero-order valence-electron chi connectivity index (χ0n) is 12.7. The van der Waals surface area contributed by atoms with Crippen LogP contribution >= 0.6 is 0 Å². The molecule has 0 aliphatic carbocycles. The number of aromatic nitrogens is 1. The van der Waals surface area contributed by atoms with Crippen molar-refractivity contribution >= 4 is 5.82 Å².